The maximum atomic E-state index is 13.1. The van der Waals surface area contributed by atoms with Gasteiger partial charge in [0.05, 0.1) is 28.7 Å². The Kier molecular flexibility index (Phi) is 6.30. The number of aliphatic hydroxyl groups excluding tert-OH is 1. The third-order valence-electron chi connectivity index (χ3n) is 6.03. The summed E-state index contributed by atoms with van der Waals surface area (Å²) in [5, 5.41) is 20.9. The molecule has 0 radical (unpaired) electrons. The third kappa shape index (κ3) is 4.16. The summed E-state index contributed by atoms with van der Waals surface area (Å²) < 4.78 is 6.28. The van der Waals surface area contributed by atoms with Crippen molar-refractivity contribution in [2.75, 3.05) is 0 Å². The predicted molar refractivity (Wildman–Crippen MR) is 122 cm³/mol. The van der Waals surface area contributed by atoms with E-state index in [1.54, 1.807) is 6.92 Å². The zero-order chi connectivity index (χ0) is 24.0. The van der Waals surface area contributed by atoms with E-state index in [9.17, 15) is 24.8 Å². The Morgan fingerprint density at radius 3 is 2.58 bits per heavy atom. The number of rotatable bonds is 7. The number of non-ortho nitro benzene ring substituents is 1. The van der Waals surface area contributed by atoms with Crippen LogP contribution in [0.2, 0.25) is 0 Å². The van der Waals surface area contributed by atoms with Gasteiger partial charge in [0.1, 0.15) is 12.3 Å². The summed E-state index contributed by atoms with van der Waals surface area (Å²) in [7, 11) is 0. The summed E-state index contributed by atoms with van der Waals surface area (Å²) in [5.41, 5.74) is 1.64. The number of nitro groups is 1. The van der Waals surface area contributed by atoms with Crippen molar-refractivity contribution in [1.82, 2.24) is 9.88 Å². The number of fused-ring (bicyclic) bond motifs is 1. The summed E-state index contributed by atoms with van der Waals surface area (Å²) in [6.45, 7) is 7.32. The molecule has 4 rings (SSSR count). The minimum Gasteiger partial charge on any atom is -0.456 e. The van der Waals surface area contributed by atoms with Crippen LogP contribution in [0.25, 0.3) is 0 Å². The fourth-order valence-electron chi connectivity index (χ4n) is 4.16. The van der Waals surface area contributed by atoms with Crippen LogP contribution >= 0.6 is 23.1 Å². The number of thiazole rings is 1. The van der Waals surface area contributed by atoms with Crippen molar-refractivity contribution in [2.24, 2.45) is 11.8 Å². The van der Waals surface area contributed by atoms with Gasteiger partial charge in [-0.05, 0) is 38.5 Å². The number of amides is 1. The lowest BCUT2D eigenvalue weighted by molar-refractivity contribution is -0.384. The molecule has 33 heavy (non-hydrogen) atoms. The lowest BCUT2D eigenvalue weighted by Crippen LogP contribution is -2.63. The molecule has 9 nitrogen and oxygen atoms in total. The van der Waals surface area contributed by atoms with Crippen LogP contribution in [0.1, 0.15) is 30.0 Å². The molecule has 1 aromatic carbocycles. The number of ether oxygens (including phenoxy) is 1. The van der Waals surface area contributed by atoms with Gasteiger partial charge in [-0.1, -0.05) is 18.7 Å². The van der Waals surface area contributed by atoms with Gasteiger partial charge in [-0.2, -0.15) is 0 Å². The van der Waals surface area contributed by atoms with E-state index in [2.05, 4.69) is 4.98 Å². The van der Waals surface area contributed by atoms with Gasteiger partial charge >= 0.3 is 5.97 Å². The van der Waals surface area contributed by atoms with E-state index < -0.39 is 22.9 Å². The van der Waals surface area contributed by atoms with Crippen LogP contribution < -0.4 is 0 Å². The standard InChI is InChI=1S/C22H23N3O6S2/c1-10-17-16(12(3)26)20(27)24(17)18(19(10)33-22-23-11(2)13(4)32-22)21(28)31-9-14-5-7-15(8-6-14)25(29)30/h5-8,10,12,16-17,26H,9H2,1-4H3/t10-,12?,16-,17-/m1/s1. The predicted octanol–water partition coefficient (Wildman–Crippen LogP) is 3.57. The number of β-lactam (4-membered cyclic amide) rings is 1. The molecular weight excluding hydrogens is 466 g/mol. The lowest BCUT2D eigenvalue weighted by atomic mass is 9.79. The molecule has 2 aromatic rings. The number of benzene rings is 1. The topological polar surface area (TPSA) is 123 Å². The highest BCUT2D eigenvalue weighted by Gasteiger charge is 2.60. The molecule has 1 fully saturated rings. The van der Waals surface area contributed by atoms with E-state index in [1.807, 2.05) is 20.8 Å². The number of carbonyl (C=O) groups is 2. The normalized spacial score (nSPS) is 22.8. The van der Waals surface area contributed by atoms with Crippen LogP contribution in [0, 0.1) is 35.8 Å². The monoisotopic (exact) mass is 489 g/mol. The first kappa shape index (κ1) is 23.4. The summed E-state index contributed by atoms with van der Waals surface area (Å²) in [4.78, 5) is 44.0. The van der Waals surface area contributed by atoms with Gasteiger partial charge in [0.2, 0.25) is 5.91 Å². The zero-order valence-corrected chi connectivity index (χ0v) is 20.1. The molecule has 1 aromatic heterocycles. The molecule has 1 saturated heterocycles. The first-order valence-electron chi connectivity index (χ1n) is 10.4. The van der Waals surface area contributed by atoms with Gasteiger partial charge < -0.3 is 14.7 Å². The Balaban J connectivity index is 1.60. The van der Waals surface area contributed by atoms with Crippen molar-refractivity contribution in [1.29, 1.82) is 0 Å². The minimum atomic E-state index is -0.827. The largest absolute Gasteiger partial charge is 0.456 e. The van der Waals surface area contributed by atoms with Gasteiger partial charge in [-0.3, -0.25) is 14.9 Å². The Bertz CT molecular complexity index is 1140. The van der Waals surface area contributed by atoms with Crippen LogP contribution in [-0.4, -0.2) is 43.9 Å². The van der Waals surface area contributed by atoms with Crippen LogP contribution in [0.3, 0.4) is 0 Å². The quantitative estimate of drug-likeness (QED) is 0.271. The fraction of sp³-hybridized carbons (Fsp3) is 0.409. The first-order chi connectivity index (χ1) is 15.6. The van der Waals surface area contributed by atoms with Crippen molar-refractivity contribution in [3.05, 3.63) is 61.1 Å². The maximum absolute atomic E-state index is 13.1. The summed E-state index contributed by atoms with van der Waals surface area (Å²) >= 11 is 2.88. The Labute approximate surface area is 198 Å². The maximum Gasteiger partial charge on any atom is 0.356 e. The molecule has 11 heteroatoms. The van der Waals surface area contributed by atoms with Crippen molar-refractivity contribution in [3.8, 4) is 0 Å². The van der Waals surface area contributed by atoms with E-state index in [0.29, 0.717) is 10.5 Å². The average Bonchev–Trinajstić information content (AvgIpc) is 3.20. The van der Waals surface area contributed by atoms with E-state index in [0.717, 1.165) is 14.9 Å². The summed E-state index contributed by atoms with van der Waals surface area (Å²) in [5.74, 6) is -1.69. The number of nitrogens with zero attached hydrogens (tertiary/aromatic N) is 3. The number of esters is 1. The third-order valence-corrected chi connectivity index (χ3v) is 8.44. The smallest absolute Gasteiger partial charge is 0.356 e. The number of thioether (sulfide) groups is 1. The second-order valence-electron chi connectivity index (χ2n) is 8.19. The van der Waals surface area contributed by atoms with E-state index in [1.165, 1.54) is 52.3 Å². The highest BCUT2D eigenvalue weighted by Crippen LogP contribution is 2.52. The van der Waals surface area contributed by atoms with Gasteiger partial charge in [-0.15, -0.1) is 11.3 Å². The van der Waals surface area contributed by atoms with E-state index in [-0.39, 0.29) is 35.9 Å². The first-order valence-corrected chi connectivity index (χ1v) is 12.0. The highest BCUT2D eigenvalue weighted by molar-refractivity contribution is 8.04. The summed E-state index contributed by atoms with van der Waals surface area (Å²) in [6.07, 6.45) is -0.827. The van der Waals surface area contributed by atoms with Gasteiger partial charge in [0.15, 0.2) is 4.34 Å². The second-order valence-corrected chi connectivity index (χ2v) is 10.7. The van der Waals surface area contributed by atoms with Crippen LogP contribution in [0.4, 0.5) is 5.69 Å². The molecule has 2 aliphatic rings. The van der Waals surface area contributed by atoms with E-state index in [4.69, 9.17) is 4.74 Å². The fourth-order valence-corrected chi connectivity index (χ4v) is 6.58. The Morgan fingerprint density at radius 2 is 2.03 bits per heavy atom. The minimum absolute atomic E-state index is 0.0525. The number of hydrogen-bond donors (Lipinski definition) is 1. The molecule has 2 aliphatic heterocycles. The molecule has 4 atom stereocenters. The van der Waals surface area contributed by atoms with E-state index >= 15 is 0 Å². The zero-order valence-electron chi connectivity index (χ0n) is 18.5. The number of aryl methyl sites for hydroxylation is 2. The van der Waals surface area contributed by atoms with Crippen molar-refractivity contribution < 1.29 is 24.4 Å². The van der Waals surface area contributed by atoms with Gasteiger partial charge in [-0.25, -0.2) is 9.78 Å². The van der Waals surface area contributed by atoms with Crippen molar-refractivity contribution in [3.63, 3.8) is 0 Å². The van der Waals surface area contributed by atoms with Gasteiger partial charge in [0, 0.05) is 27.8 Å². The molecule has 0 bridgehead atoms. The average molecular weight is 490 g/mol. The van der Waals surface area contributed by atoms with Gasteiger partial charge in [0.25, 0.3) is 5.69 Å². The SMILES string of the molecule is Cc1nc(SC2=C(C(=O)OCc3ccc([N+](=O)[O-])cc3)N3C(=O)[C@H](C(C)O)[C@H]3[C@H]2C)sc1C. The van der Waals surface area contributed by atoms with Crippen LogP contribution in [0.15, 0.2) is 39.2 Å². The molecule has 1 amide bonds. The number of aromatic nitrogens is 1. The molecule has 1 unspecified atom stereocenters. The highest BCUT2D eigenvalue weighted by atomic mass is 32.2. The molecule has 1 N–H and O–H groups in total. The van der Waals surface area contributed by atoms with Crippen molar-refractivity contribution >= 4 is 40.7 Å². The van der Waals surface area contributed by atoms with Crippen LogP contribution in [0.5, 0.6) is 0 Å². The summed E-state index contributed by atoms with van der Waals surface area (Å²) in [6, 6.07) is 5.42. The second kappa shape index (κ2) is 8.88. The molecule has 0 aliphatic carbocycles. The van der Waals surface area contributed by atoms with Crippen LogP contribution in [-0.2, 0) is 20.9 Å². The number of hydrogen-bond acceptors (Lipinski definition) is 9. The number of carbonyl (C=O) groups excluding carboxylic acids is 2. The number of aliphatic hydroxyl groups is 1. The molecule has 0 saturated carbocycles. The molecule has 0 spiro atoms. The van der Waals surface area contributed by atoms with Crippen molar-refractivity contribution in [2.45, 2.75) is 50.8 Å². The Morgan fingerprint density at radius 1 is 1.36 bits per heavy atom. The molecule has 174 valence electrons. The Hall–Kier alpha value is -2.76. The molecular formula is C22H23N3O6S2. The lowest BCUT2D eigenvalue weighted by Gasteiger charge is -2.46. The molecule has 3 heterocycles. The number of nitro benzene ring substituents is 1.